The summed E-state index contributed by atoms with van der Waals surface area (Å²) in [7, 11) is 0. The van der Waals surface area contributed by atoms with Crippen molar-refractivity contribution in [2.75, 3.05) is 0 Å². The van der Waals surface area contributed by atoms with Gasteiger partial charge in [0.1, 0.15) is 6.04 Å². The van der Waals surface area contributed by atoms with E-state index in [-0.39, 0.29) is 10.7 Å². The number of aromatic nitrogens is 1. The predicted octanol–water partition coefficient (Wildman–Crippen LogP) is 0.819. The fraction of sp³-hybridized carbons (Fsp3) is 0.143. The van der Waals surface area contributed by atoms with E-state index in [0.717, 1.165) is 0 Å². The van der Waals surface area contributed by atoms with E-state index in [2.05, 4.69) is 4.98 Å². The van der Waals surface area contributed by atoms with Crippen molar-refractivity contribution in [3.8, 4) is 0 Å². The Kier molecular flexibility index (Phi) is 2.62. The van der Waals surface area contributed by atoms with Crippen molar-refractivity contribution in [2.45, 2.75) is 6.04 Å². The summed E-state index contributed by atoms with van der Waals surface area (Å²) in [5.74, 6) is -1.14. The van der Waals surface area contributed by atoms with Crippen molar-refractivity contribution in [3.05, 3.63) is 29.0 Å². The molecule has 0 aliphatic rings. The summed E-state index contributed by atoms with van der Waals surface area (Å²) in [4.78, 5) is 14.2. The zero-order valence-corrected chi connectivity index (χ0v) is 6.82. The largest absolute Gasteiger partial charge is 0.480 e. The zero-order valence-electron chi connectivity index (χ0n) is 6.07. The van der Waals surface area contributed by atoms with Crippen LogP contribution in [0.4, 0.5) is 0 Å². The van der Waals surface area contributed by atoms with Crippen LogP contribution in [0, 0.1) is 0 Å². The predicted molar refractivity (Wildman–Crippen MR) is 43.8 cm³/mol. The topological polar surface area (TPSA) is 76.2 Å². The van der Waals surface area contributed by atoms with Gasteiger partial charge in [-0.2, -0.15) is 0 Å². The maximum Gasteiger partial charge on any atom is 0.326 e. The van der Waals surface area contributed by atoms with Crippen LogP contribution in [0.2, 0.25) is 5.02 Å². The van der Waals surface area contributed by atoms with E-state index in [0.29, 0.717) is 0 Å². The number of carboxylic acids is 1. The van der Waals surface area contributed by atoms with E-state index in [1.807, 2.05) is 0 Å². The quantitative estimate of drug-likeness (QED) is 0.717. The molecule has 64 valence electrons. The van der Waals surface area contributed by atoms with Crippen LogP contribution in [0.1, 0.15) is 11.7 Å². The van der Waals surface area contributed by atoms with Gasteiger partial charge in [-0.3, -0.25) is 9.78 Å². The van der Waals surface area contributed by atoms with Crippen molar-refractivity contribution in [2.24, 2.45) is 5.73 Å². The highest BCUT2D eigenvalue weighted by Gasteiger charge is 2.17. The number of hydrogen-bond acceptors (Lipinski definition) is 3. The molecule has 0 bridgehead atoms. The van der Waals surface area contributed by atoms with Crippen LogP contribution < -0.4 is 5.73 Å². The summed E-state index contributed by atoms with van der Waals surface area (Å²) >= 11 is 5.66. The van der Waals surface area contributed by atoms with Crippen molar-refractivity contribution < 1.29 is 9.90 Å². The lowest BCUT2D eigenvalue weighted by Crippen LogP contribution is -2.22. The van der Waals surface area contributed by atoms with Crippen molar-refractivity contribution in [1.29, 1.82) is 0 Å². The number of hydrogen-bond donors (Lipinski definition) is 2. The fourth-order valence-corrected chi connectivity index (χ4v) is 0.983. The smallest absolute Gasteiger partial charge is 0.326 e. The van der Waals surface area contributed by atoms with E-state index in [1.54, 1.807) is 12.1 Å². The Morgan fingerprint density at radius 1 is 1.75 bits per heavy atom. The molecule has 4 nitrogen and oxygen atoms in total. The highest BCUT2D eigenvalue weighted by atomic mass is 35.5. The van der Waals surface area contributed by atoms with Gasteiger partial charge in [-0.25, -0.2) is 0 Å². The Balaban J connectivity index is 3.02. The Bertz CT molecular complexity index is 303. The molecule has 0 spiro atoms. The van der Waals surface area contributed by atoms with Crippen LogP contribution in [-0.2, 0) is 4.79 Å². The highest BCUT2D eigenvalue weighted by Crippen LogP contribution is 2.17. The molecule has 1 aromatic rings. The number of carbonyl (C=O) groups is 1. The number of carboxylic acid groups (broad SMARTS) is 1. The Morgan fingerprint density at radius 3 is 2.92 bits per heavy atom. The molecule has 0 saturated carbocycles. The van der Waals surface area contributed by atoms with Gasteiger partial charge in [-0.15, -0.1) is 0 Å². The normalized spacial score (nSPS) is 12.5. The molecule has 0 fully saturated rings. The van der Waals surface area contributed by atoms with E-state index in [9.17, 15) is 4.79 Å². The summed E-state index contributed by atoms with van der Waals surface area (Å²) in [6.07, 6.45) is 1.45. The molecule has 0 aliphatic heterocycles. The molecule has 3 N–H and O–H groups in total. The number of nitrogens with two attached hydrogens (primary N) is 1. The Hall–Kier alpha value is -1.13. The first-order valence-corrected chi connectivity index (χ1v) is 3.59. The number of pyridine rings is 1. The minimum Gasteiger partial charge on any atom is -0.480 e. The van der Waals surface area contributed by atoms with Gasteiger partial charge in [-0.1, -0.05) is 11.6 Å². The lowest BCUT2D eigenvalue weighted by Gasteiger charge is -2.06. The van der Waals surface area contributed by atoms with Crippen LogP contribution in [0.5, 0.6) is 0 Å². The van der Waals surface area contributed by atoms with E-state index < -0.39 is 12.0 Å². The molecule has 0 aliphatic carbocycles. The molecule has 1 rings (SSSR count). The van der Waals surface area contributed by atoms with E-state index in [4.69, 9.17) is 22.4 Å². The monoisotopic (exact) mass is 186 g/mol. The summed E-state index contributed by atoms with van der Waals surface area (Å²) in [5.41, 5.74) is 5.48. The van der Waals surface area contributed by atoms with Crippen LogP contribution in [-0.4, -0.2) is 16.1 Å². The molecule has 5 heteroatoms. The van der Waals surface area contributed by atoms with Gasteiger partial charge in [-0.05, 0) is 12.1 Å². The first kappa shape index (κ1) is 8.96. The van der Waals surface area contributed by atoms with Crippen molar-refractivity contribution >= 4 is 17.6 Å². The van der Waals surface area contributed by atoms with Crippen molar-refractivity contribution in [3.63, 3.8) is 0 Å². The second-order valence-corrected chi connectivity index (χ2v) is 2.59. The van der Waals surface area contributed by atoms with Crippen LogP contribution in [0.3, 0.4) is 0 Å². The molecular formula is C7H7ClN2O2. The minimum absolute atomic E-state index is 0.187. The third-order valence-electron chi connectivity index (χ3n) is 1.35. The summed E-state index contributed by atoms with van der Waals surface area (Å²) in [6.45, 7) is 0. The SMILES string of the molecule is NC(C(=O)O)c1ncccc1Cl. The summed E-state index contributed by atoms with van der Waals surface area (Å²) in [5, 5.41) is 8.81. The van der Waals surface area contributed by atoms with Gasteiger partial charge in [0.2, 0.25) is 0 Å². The number of aliphatic carboxylic acids is 1. The lowest BCUT2D eigenvalue weighted by molar-refractivity contribution is -0.138. The number of nitrogens with zero attached hydrogens (tertiary/aromatic N) is 1. The summed E-state index contributed by atoms with van der Waals surface area (Å²) < 4.78 is 0. The van der Waals surface area contributed by atoms with Crippen LogP contribution in [0.15, 0.2) is 18.3 Å². The van der Waals surface area contributed by atoms with Gasteiger partial charge >= 0.3 is 5.97 Å². The van der Waals surface area contributed by atoms with E-state index in [1.165, 1.54) is 6.20 Å². The molecule has 1 aromatic heterocycles. The molecule has 0 aromatic carbocycles. The number of halogens is 1. The molecule has 12 heavy (non-hydrogen) atoms. The standard InChI is InChI=1S/C7H7ClN2O2/c8-4-2-1-3-10-6(4)5(9)7(11)12/h1-3,5H,9H2,(H,11,12). The molecule has 0 radical (unpaired) electrons. The molecular weight excluding hydrogens is 180 g/mol. The maximum atomic E-state index is 10.4. The first-order chi connectivity index (χ1) is 5.63. The zero-order chi connectivity index (χ0) is 9.14. The first-order valence-electron chi connectivity index (χ1n) is 3.21. The van der Waals surface area contributed by atoms with Crippen LogP contribution in [0.25, 0.3) is 0 Å². The van der Waals surface area contributed by atoms with Gasteiger partial charge in [0.15, 0.2) is 0 Å². The third-order valence-corrected chi connectivity index (χ3v) is 1.67. The highest BCUT2D eigenvalue weighted by molar-refractivity contribution is 6.31. The van der Waals surface area contributed by atoms with Crippen molar-refractivity contribution in [1.82, 2.24) is 4.98 Å². The maximum absolute atomic E-state index is 10.4. The second kappa shape index (κ2) is 3.51. The average Bonchev–Trinajstić information content (AvgIpc) is 2.04. The summed E-state index contributed by atoms with van der Waals surface area (Å²) in [6, 6.07) is 2.01. The van der Waals surface area contributed by atoms with Crippen LogP contribution >= 0.6 is 11.6 Å². The van der Waals surface area contributed by atoms with Gasteiger partial charge in [0.25, 0.3) is 0 Å². The van der Waals surface area contributed by atoms with Gasteiger partial charge < -0.3 is 10.8 Å². The third kappa shape index (κ3) is 1.72. The van der Waals surface area contributed by atoms with E-state index >= 15 is 0 Å². The average molecular weight is 187 g/mol. The molecule has 0 amide bonds. The molecule has 1 atom stereocenters. The minimum atomic E-state index is -1.15. The second-order valence-electron chi connectivity index (χ2n) is 2.19. The molecule has 1 unspecified atom stereocenters. The Labute approximate surface area is 74.0 Å². The molecule has 1 heterocycles. The van der Waals surface area contributed by atoms with Gasteiger partial charge in [0, 0.05) is 6.20 Å². The Morgan fingerprint density at radius 2 is 2.42 bits per heavy atom. The van der Waals surface area contributed by atoms with Gasteiger partial charge in [0.05, 0.1) is 10.7 Å². The fourth-order valence-electron chi connectivity index (χ4n) is 0.744. The molecule has 0 saturated heterocycles. The number of rotatable bonds is 2. The lowest BCUT2D eigenvalue weighted by atomic mass is 10.2.